The van der Waals surface area contributed by atoms with Gasteiger partial charge in [0.05, 0.1) is 5.52 Å². The zero-order valence-electron chi connectivity index (χ0n) is 36.9. The summed E-state index contributed by atoms with van der Waals surface area (Å²) in [6.07, 6.45) is 38.8. The van der Waals surface area contributed by atoms with Crippen molar-refractivity contribution < 1.29 is 0 Å². The average Bonchev–Trinajstić information content (AvgIpc) is 3.93. The van der Waals surface area contributed by atoms with Crippen molar-refractivity contribution in [2.45, 2.75) is 63.3 Å². The highest BCUT2D eigenvalue weighted by atomic mass is 32.1. The molecule has 6 aliphatic rings. The van der Waals surface area contributed by atoms with E-state index < -0.39 is 0 Å². The Morgan fingerprint density at radius 1 is 0.646 bits per heavy atom. The number of hydrogen-bond acceptors (Lipinski definition) is 2. The quantitative estimate of drug-likeness (QED) is 0.145. The number of fused-ring (bicyclic) bond motifs is 8. The Labute approximate surface area is 386 Å². The first-order chi connectivity index (χ1) is 32.3. The summed E-state index contributed by atoms with van der Waals surface area (Å²) in [5.74, 6) is 1.83. The first kappa shape index (κ1) is 39.0. The van der Waals surface area contributed by atoms with Crippen LogP contribution in [0.25, 0.3) is 54.5 Å². The van der Waals surface area contributed by atoms with Crippen LogP contribution in [-0.4, -0.2) is 10.6 Å². The number of anilines is 1. The fraction of sp³-hybridized carbons (Fsp3) is 0.226. The van der Waals surface area contributed by atoms with Gasteiger partial charge in [-0.15, -0.1) is 11.3 Å². The molecule has 5 aromatic carbocycles. The van der Waals surface area contributed by atoms with Gasteiger partial charge in [-0.05, 0) is 127 Å². The lowest BCUT2D eigenvalue weighted by atomic mass is 9.70. The van der Waals surface area contributed by atoms with E-state index in [2.05, 4.69) is 204 Å². The third kappa shape index (κ3) is 6.57. The smallest absolute Gasteiger partial charge is 0.0534 e. The predicted octanol–water partition coefficient (Wildman–Crippen LogP) is 14.5. The maximum atomic E-state index is 2.69. The summed E-state index contributed by atoms with van der Waals surface area (Å²) in [5.41, 5.74) is 12.9. The highest BCUT2D eigenvalue weighted by Crippen LogP contribution is 2.51. The van der Waals surface area contributed by atoms with Crippen molar-refractivity contribution in [1.82, 2.24) is 4.57 Å². The van der Waals surface area contributed by atoms with Gasteiger partial charge in [0.1, 0.15) is 0 Å². The minimum absolute atomic E-state index is 0.213. The normalized spacial score (nSPS) is 24.6. The minimum Gasteiger partial charge on any atom is -0.338 e. The van der Waals surface area contributed by atoms with Crippen molar-refractivity contribution in [3.05, 3.63) is 221 Å². The van der Waals surface area contributed by atoms with E-state index in [4.69, 9.17) is 0 Å². The van der Waals surface area contributed by atoms with Gasteiger partial charge in [-0.2, -0.15) is 0 Å². The van der Waals surface area contributed by atoms with Crippen LogP contribution in [0.15, 0.2) is 193 Å². The zero-order chi connectivity index (χ0) is 42.8. The van der Waals surface area contributed by atoms with Crippen LogP contribution in [0.4, 0.5) is 5.69 Å². The molecule has 65 heavy (non-hydrogen) atoms. The van der Waals surface area contributed by atoms with E-state index in [1.807, 2.05) is 11.3 Å². The molecule has 6 aliphatic carbocycles. The van der Waals surface area contributed by atoms with E-state index in [0.29, 0.717) is 23.8 Å². The maximum Gasteiger partial charge on any atom is 0.0534 e. The maximum absolute atomic E-state index is 2.69. The molecule has 0 N–H and O–H groups in total. The van der Waals surface area contributed by atoms with E-state index in [-0.39, 0.29) is 11.8 Å². The molecule has 0 spiro atoms. The van der Waals surface area contributed by atoms with E-state index in [9.17, 15) is 0 Å². The number of para-hydroxylation sites is 2. The monoisotopic (exact) mass is 858 g/mol. The van der Waals surface area contributed by atoms with Crippen LogP contribution in [0.2, 0.25) is 0 Å². The third-order valence-electron chi connectivity index (χ3n) is 15.7. The molecule has 3 heteroatoms. The summed E-state index contributed by atoms with van der Waals surface area (Å²) < 4.78 is 5.43. The fourth-order valence-electron chi connectivity index (χ4n) is 12.9. The third-order valence-corrected chi connectivity index (χ3v) is 16.9. The molecule has 0 amide bonds. The number of nitrogens with zero attached hydrogens (tertiary/aromatic N) is 2. The number of rotatable bonds is 7. The molecule has 2 aromatic heterocycles. The SMILES string of the molecule is C1=CC(c2cccc3sc4ccccc4c23)C(C2C=CC(N(c3ccccc3)C3CC=C(C4C=c5ccccc5=C5C=CCCC54)CC3)=CC2)C(n2c3c(c4ccccc42)C=CCC3)=C1. The molecule has 0 saturated carbocycles. The van der Waals surface area contributed by atoms with Crippen LogP contribution in [-0.2, 0) is 6.42 Å². The Kier molecular flexibility index (Phi) is 9.73. The van der Waals surface area contributed by atoms with E-state index >= 15 is 0 Å². The van der Waals surface area contributed by atoms with Crippen LogP contribution in [0.1, 0.15) is 67.7 Å². The predicted molar refractivity (Wildman–Crippen MR) is 277 cm³/mol. The molecule has 0 radical (unpaired) electrons. The second-order valence-electron chi connectivity index (χ2n) is 19.1. The summed E-state index contributed by atoms with van der Waals surface area (Å²) in [5, 5.41) is 7.02. The Balaban J connectivity index is 0.872. The molecule has 0 fully saturated rings. The van der Waals surface area contributed by atoms with E-state index in [1.165, 1.54) is 88.3 Å². The van der Waals surface area contributed by atoms with Gasteiger partial charge in [0, 0.05) is 77.7 Å². The molecular weight excluding hydrogens is 805 g/mol. The second kappa shape index (κ2) is 16.2. The van der Waals surface area contributed by atoms with Crippen LogP contribution in [0.5, 0.6) is 0 Å². The lowest BCUT2D eigenvalue weighted by Gasteiger charge is -2.41. The van der Waals surface area contributed by atoms with Crippen LogP contribution < -0.4 is 15.3 Å². The summed E-state index contributed by atoms with van der Waals surface area (Å²) in [6, 6.07) is 45.9. The second-order valence-corrected chi connectivity index (χ2v) is 20.2. The van der Waals surface area contributed by atoms with Gasteiger partial charge in [0.25, 0.3) is 0 Å². The summed E-state index contributed by atoms with van der Waals surface area (Å²) in [6.45, 7) is 0. The van der Waals surface area contributed by atoms with Gasteiger partial charge in [-0.25, -0.2) is 0 Å². The first-order valence-corrected chi connectivity index (χ1v) is 25.1. The average molecular weight is 859 g/mol. The molecule has 318 valence electrons. The van der Waals surface area contributed by atoms with Crippen LogP contribution in [0.3, 0.4) is 0 Å². The van der Waals surface area contributed by atoms with Gasteiger partial charge >= 0.3 is 0 Å². The summed E-state index contributed by atoms with van der Waals surface area (Å²) in [7, 11) is 0. The molecule has 0 bridgehead atoms. The minimum atomic E-state index is 0.213. The number of allylic oxidation sites excluding steroid dienone is 11. The van der Waals surface area contributed by atoms with Crippen molar-refractivity contribution in [2.24, 2.45) is 23.7 Å². The molecule has 13 rings (SSSR count). The molecule has 2 heterocycles. The molecule has 2 nitrogen and oxygen atoms in total. The lowest BCUT2D eigenvalue weighted by molar-refractivity contribution is 0.433. The van der Waals surface area contributed by atoms with Crippen molar-refractivity contribution in [2.75, 3.05) is 4.90 Å². The molecule has 7 aromatic rings. The number of benzene rings is 5. The van der Waals surface area contributed by atoms with E-state index in [0.717, 1.165) is 38.5 Å². The van der Waals surface area contributed by atoms with Gasteiger partial charge in [-0.3, -0.25) is 0 Å². The molecule has 0 aliphatic heterocycles. The molecule has 6 unspecified atom stereocenters. The fourth-order valence-corrected chi connectivity index (χ4v) is 14.0. The Morgan fingerprint density at radius 3 is 2.37 bits per heavy atom. The molecular formula is C62H54N2S. The molecule has 6 atom stereocenters. The number of aromatic nitrogens is 1. The summed E-state index contributed by atoms with van der Waals surface area (Å²) >= 11 is 1.93. The topological polar surface area (TPSA) is 8.17 Å². The van der Waals surface area contributed by atoms with Crippen LogP contribution in [0, 0.1) is 23.7 Å². The Morgan fingerprint density at radius 2 is 1.48 bits per heavy atom. The van der Waals surface area contributed by atoms with Crippen LogP contribution >= 0.6 is 11.3 Å². The first-order valence-electron chi connectivity index (χ1n) is 24.2. The van der Waals surface area contributed by atoms with Gasteiger partial charge in [0.15, 0.2) is 0 Å². The van der Waals surface area contributed by atoms with Crippen molar-refractivity contribution in [1.29, 1.82) is 0 Å². The molecule has 0 saturated heterocycles. The van der Waals surface area contributed by atoms with Gasteiger partial charge in [0.2, 0.25) is 0 Å². The van der Waals surface area contributed by atoms with E-state index in [1.54, 1.807) is 11.1 Å². The Bertz CT molecular complexity index is 3380. The van der Waals surface area contributed by atoms with Gasteiger partial charge < -0.3 is 9.47 Å². The number of hydrogen-bond donors (Lipinski definition) is 0. The number of thiophene rings is 1. The largest absolute Gasteiger partial charge is 0.338 e. The van der Waals surface area contributed by atoms with Crippen molar-refractivity contribution in [3.63, 3.8) is 0 Å². The highest BCUT2D eigenvalue weighted by molar-refractivity contribution is 7.25. The summed E-state index contributed by atoms with van der Waals surface area (Å²) in [4.78, 5) is 2.69. The van der Waals surface area contributed by atoms with Crippen molar-refractivity contribution in [3.8, 4) is 0 Å². The Hall–Kier alpha value is -6.42. The highest BCUT2D eigenvalue weighted by Gasteiger charge is 2.38. The lowest BCUT2D eigenvalue weighted by Crippen LogP contribution is -2.39. The van der Waals surface area contributed by atoms with Gasteiger partial charge in [-0.1, -0.05) is 157 Å². The zero-order valence-corrected chi connectivity index (χ0v) is 37.7. The van der Waals surface area contributed by atoms with Crippen molar-refractivity contribution >= 4 is 71.5 Å². The standard InChI is InChI=1S/C62H54N2S/c1-2-17-44(18-3-1)63(45-36-32-41(33-37-45)55-40-43-16-4-5-19-47(43)48-20-6-7-21-49(48)55)46-38-34-42(35-39-46)61-52(53-26-15-31-60-62(53)54-24-10-13-30-59(54)65-60)25-14-29-58(61)64-56-27-11-8-22-50(56)51-23-9-12-28-57(51)64/h1-6,8-11,13-20,22-27,29-32,34,38-40,42,45,49,52,55,61H,7,12,21,28,33,35-37H2.